The predicted octanol–water partition coefficient (Wildman–Crippen LogP) is 3.74. The molecule has 0 amide bonds. The zero-order chi connectivity index (χ0) is 12.4. The zero-order valence-corrected chi connectivity index (χ0v) is 10.7. The summed E-state index contributed by atoms with van der Waals surface area (Å²) in [5, 5.41) is 9.48. The monoisotopic (exact) mass is 245 g/mol. The maximum Gasteiger partial charge on any atom is 0.118 e. The SMILES string of the molecule is Cc1ccc(Sc2cc(N)cc(O)c2)cc1C. The lowest BCUT2D eigenvalue weighted by atomic mass is 10.1. The summed E-state index contributed by atoms with van der Waals surface area (Å²) in [5.41, 5.74) is 8.82. The van der Waals surface area contributed by atoms with Gasteiger partial charge in [-0.2, -0.15) is 0 Å². The molecule has 0 aliphatic rings. The summed E-state index contributed by atoms with van der Waals surface area (Å²) in [6.07, 6.45) is 0. The van der Waals surface area contributed by atoms with Crippen molar-refractivity contribution in [3.63, 3.8) is 0 Å². The Morgan fingerprint density at radius 1 is 0.941 bits per heavy atom. The van der Waals surface area contributed by atoms with Crippen molar-refractivity contribution in [1.82, 2.24) is 0 Å². The van der Waals surface area contributed by atoms with Crippen LogP contribution in [0.4, 0.5) is 5.69 Å². The number of nitrogens with two attached hydrogens (primary N) is 1. The number of aromatic hydroxyl groups is 1. The first-order valence-electron chi connectivity index (χ1n) is 5.39. The Labute approximate surface area is 105 Å². The summed E-state index contributed by atoms with van der Waals surface area (Å²) in [7, 11) is 0. The Morgan fingerprint density at radius 2 is 1.71 bits per heavy atom. The van der Waals surface area contributed by atoms with Gasteiger partial charge in [-0.1, -0.05) is 17.8 Å². The number of hydrogen-bond acceptors (Lipinski definition) is 3. The number of benzene rings is 2. The van der Waals surface area contributed by atoms with Crippen molar-refractivity contribution in [1.29, 1.82) is 0 Å². The molecule has 3 N–H and O–H groups in total. The van der Waals surface area contributed by atoms with Gasteiger partial charge in [0.1, 0.15) is 5.75 Å². The third kappa shape index (κ3) is 2.94. The Bertz CT molecular complexity index is 532. The Morgan fingerprint density at radius 3 is 2.35 bits per heavy atom. The molecular formula is C14H15NOS. The third-order valence-electron chi connectivity index (χ3n) is 2.63. The molecule has 2 rings (SSSR count). The van der Waals surface area contributed by atoms with Gasteiger partial charge in [-0.05, 0) is 49.2 Å². The molecule has 0 fully saturated rings. The van der Waals surface area contributed by atoms with E-state index in [1.807, 2.05) is 6.07 Å². The molecule has 0 bridgehead atoms. The lowest BCUT2D eigenvalue weighted by molar-refractivity contribution is 0.474. The van der Waals surface area contributed by atoms with Crippen LogP contribution < -0.4 is 5.73 Å². The van der Waals surface area contributed by atoms with Crippen molar-refractivity contribution in [3.05, 3.63) is 47.5 Å². The molecule has 2 aromatic carbocycles. The molecule has 0 atom stereocenters. The van der Waals surface area contributed by atoms with E-state index in [1.54, 1.807) is 23.9 Å². The number of anilines is 1. The minimum Gasteiger partial charge on any atom is -0.508 e. The van der Waals surface area contributed by atoms with E-state index in [4.69, 9.17) is 5.73 Å². The lowest BCUT2D eigenvalue weighted by Gasteiger charge is -2.06. The van der Waals surface area contributed by atoms with Gasteiger partial charge in [0, 0.05) is 21.5 Å². The van der Waals surface area contributed by atoms with E-state index in [1.165, 1.54) is 11.1 Å². The topological polar surface area (TPSA) is 46.2 Å². The van der Waals surface area contributed by atoms with Gasteiger partial charge in [-0.3, -0.25) is 0 Å². The molecule has 0 aliphatic carbocycles. The molecular weight excluding hydrogens is 230 g/mol. The second-order valence-corrected chi connectivity index (χ2v) is 5.26. The summed E-state index contributed by atoms with van der Waals surface area (Å²) >= 11 is 1.60. The predicted molar refractivity (Wildman–Crippen MR) is 72.6 cm³/mol. The van der Waals surface area contributed by atoms with Crippen LogP contribution in [0.2, 0.25) is 0 Å². The molecule has 17 heavy (non-hydrogen) atoms. The van der Waals surface area contributed by atoms with Crippen LogP contribution in [0.1, 0.15) is 11.1 Å². The van der Waals surface area contributed by atoms with Crippen molar-refractivity contribution in [2.75, 3.05) is 5.73 Å². The molecule has 0 saturated carbocycles. The number of phenolic OH excluding ortho intramolecular Hbond substituents is 1. The third-order valence-corrected chi connectivity index (χ3v) is 3.59. The average molecular weight is 245 g/mol. The molecule has 0 aliphatic heterocycles. The summed E-state index contributed by atoms with van der Waals surface area (Å²) in [4.78, 5) is 2.10. The number of nitrogen functional groups attached to an aromatic ring is 1. The van der Waals surface area contributed by atoms with Gasteiger partial charge in [0.05, 0.1) is 0 Å². The van der Waals surface area contributed by atoms with E-state index in [2.05, 4.69) is 32.0 Å². The Balaban J connectivity index is 2.28. The van der Waals surface area contributed by atoms with Crippen LogP contribution in [-0.4, -0.2) is 5.11 Å². The van der Waals surface area contributed by atoms with Crippen LogP contribution >= 0.6 is 11.8 Å². The molecule has 0 spiro atoms. The fourth-order valence-corrected chi connectivity index (χ4v) is 2.60. The molecule has 0 unspecified atom stereocenters. The highest BCUT2D eigenvalue weighted by atomic mass is 32.2. The maximum atomic E-state index is 9.48. The second kappa shape index (κ2) is 4.72. The summed E-state index contributed by atoms with van der Waals surface area (Å²) < 4.78 is 0. The van der Waals surface area contributed by atoms with Crippen molar-refractivity contribution in [3.8, 4) is 5.75 Å². The van der Waals surface area contributed by atoms with E-state index >= 15 is 0 Å². The highest BCUT2D eigenvalue weighted by Crippen LogP contribution is 2.32. The molecule has 3 heteroatoms. The standard InChI is InChI=1S/C14H15NOS/c1-9-3-4-13(5-10(9)2)17-14-7-11(15)6-12(16)8-14/h3-8,16H,15H2,1-2H3. The molecule has 88 valence electrons. The van der Waals surface area contributed by atoms with E-state index in [9.17, 15) is 5.11 Å². The van der Waals surface area contributed by atoms with Gasteiger partial charge in [0.25, 0.3) is 0 Å². The second-order valence-electron chi connectivity index (χ2n) is 4.11. The Hall–Kier alpha value is -1.61. The van der Waals surface area contributed by atoms with Crippen molar-refractivity contribution in [2.45, 2.75) is 23.6 Å². The van der Waals surface area contributed by atoms with Gasteiger partial charge in [0.2, 0.25) is 0 Å². The highest BCUT2D eigenvalue weighted by molar-refractivity contribution is 7.99. The number of hydrogen-bond donors (Lipinski definition) is 2. The van der Waals surface area contributed by atoms with Gasteiger partial charge >= 0.3 is 0 Å². The number of aryl methyl sites for hydroxylation is 2. The fraction of sp³-hybridized carbons (Fsp3) is 0.143. The van der Waals surface area contributed by atoms with Crippen molar-refractivity contribution in [2.24, 2.45) is 0 Å². The van der Waals surface area contributed by atoms with Crippen LogP contribution in [0.25, 0.3) is 0 Å². The fourth-order valence-electron chi connectivity index (χ4n) is 1.58. The van der Waals surface area contributed by atoms with Crippen molar-refractivity contribution >= 4 is 17.4 Å². The lowest BCUT2D eigenvalue weighted by Crippen LogP contribution is -1.85. The van der Waals surface area contributed by atoms with Gasteiger partial charge < -0.3 is 10.8 Å². The first-order chi connectivity index (χ1) is 8.04. The molecule has 0 radical (unpaired) electrons. The maximum absolute atomic E-state index is 9.48. The van der Waals surface area contributed by atoms with Gasteiger partial charge in [-0.25, -0.2) is 0 Å². The first-order valence-corrected chi connectivity index (χ1v) is 6.21. The van der Waals surface area contributed by atoms with Crippen LogP contribution in [0, 0.1) is 13.8 Å². The smallest absolute Gasteiger partial charge is 0.118 e. The van der Waals surface area contributed by atoms with E-state index in [-0.39, 0.29) is 5.75 Å². The molecule has 0 aromatic heterocycles. The first kappa shape index (κ1) is 11.9. The average Bonchev–Trinajstić information content (AvgIpc) is 2.22. The summed E-state index contributed by atoms with van der Waals surface area (Å²) in [6, 6.07) is 11.4. The number of phenols is 1. The number of rotatable bonds is 2. The Kier molecular flexibility index (Phi) is 3.29. The van der Waals surface area contributed by atoms with Crippen LogP contribution in [-0.2, 0) is 0 Å². The quantitative estimate of drug-likeness (QED) is 0.792. The van der Waals surface area contributed by atoms with E-state index in [0.29, 0.717) is 5.69 Å². The van der Waals surface area contributed by atoms with E-state index in [0.717, 1.165) is 9.79 Å². The van der Waals surface area contributed by atoms with Gasteiger partial charge in [-0.15, -0.1) is 0 Å². The van der Waals surface area contributed by atoms with E-state index < -0.39 is 0 Å². The van der Waals surface area contributed by atoms with Crippen LogP contribution in [0.3, 0.4) is 0 Å². The summed E-state index contributed by atoms with van der Waals surface area (Å²) in [5.74, 6) is 0.205. The summed E-state index contributed by atoms with van der Waals surface area (Å²) in [6.45, 7) is 4.19. The minimum absolute atomic E-state index is 0.205. The van der Waals surface area contributed by atoms with Crippen LogP contribution in [0.5, 0.6) is 5.75 Å². The molecule has 2 nitrogen and oxygen atoms in total. The zero-order valence-electron chi connectivity index (χ0n) is 9.90. The highest BCUT2D eigenvalue weighted by Gasteiger charge is 2.02. The molecule has 2 aromatic rings. The van der Waals surface area contributed by atoms with Gasteiger partial charge in [0.15, 0.2) is 0 Å². The van der Waals surface area contributed by atoms with Crippen molar-refractivity contribution < 1.29 is 5.11 Å². The minimum atomic E-state index is 0.205. The normalized spacial score (nSPS) is 10.5. The molecule has 0 heterocycles. The molecule has 0 saturated heterocycles. The largest absolute Gasteiger partial charge is 0.508 e. The van der Waals surface area contributed by atoms with Crippen LogP contribution in [0.15, 0.2) is 46.2 Å².